The Balaban J connectivity index is 2.29. The zero-order valence-corrected chi connectivity index (χ0v) is 10.9. The van der Waals surface area contributed by atoms with Crippen LogP contribution < -0.4 is 5.73 Å². The molecule has 0 saturated carbocycles. The Morgan fingerprint density at radius 1 is 1.33 bits per heavy atom. The minimum absolute atomic E-state index is 0.321. The number of nitrogens with one attached hydrogen (secondary N) is 1. The smallest absolute Gasteiger partial charge is 0.151 e. The minimum atomic E-state index is -0.321. The monoisotopic (exact) mass is 261 g/mol. The van der Waals surface area contributed by atoms with Gasteiger partial charge in [-0.1, -0.05) is 6.07 Å². The molecule has 0 atom stereocenters. The maximum Gasteiger partial charge on any atom is 0.151 e. The molecule has 0 fully saturated rings. The van der Waals surface area contributed by atoms with Crippen LogP contribution >= 0.6 is 11.3 Å². The van der Waals surface area contributed by atoms with Crippen molar-refractivity contribution < 1.29 is 4.39 Å². The zero-order valence-electron chi connectivity index (χ0n) is 10.0. The molecule has 0 spiro atoms. The number of anilines is 1. The molecule has 92 valence electrons. The molecular weight excluding hydrogens is 249 g/mol. The number of nitrogens with two attached hydrogens (primary N) is 1. The summed E-state index contributed by atoms with van der Waals surface area (Å²) in [6.45, 7) is 4.02. The van der Waals surface area contributed by atoms with Gasteiger partial charge in [0.25, 0.3) is 0 Å². The number of aromatic amines is 1. The topological polar surface area (TPSA) is 54.7 Å². The first-order valence-corrected chi connectivity index (χ1v) is 6.39. The van der Waals surface area contributed by atoms with E-state index in [-0.39, 0.29) is 5.82 Å². The molecule has 2 heterocycles. The van der Waals surface area contributed by atoms with Gasteiger partial charge in [-0.15, -0.1) is 11.3 Å². The Hall–Kier alpha value is -1.88. The molecule has 18 heavy (non-hydrogen) atoms. The Morgan fingerprint density at radius 3 is 2.72 bits per heavy atom. The fraction of sp³-hybridized carbons (Fsp3) is 0.154. The second-order valence-corrected chi connectivity index (χ2v) is 5.50. The Bertz CT molecular complexity index is 742. The van der Waals surface area contributed by atoms with Crippen molar-refractivity contribution >= 4 is 27.4 Å². The number of rotatable bonds is 1. The molecule has 0 amide bonds. The highest BCUT2D eigenvalue weighted by atomic mass is 32.1. The maximum absolute atomic E-state index is 13.6. The fourth-order valence-corrected chi connectivity index (χ4v) is 3.00. The van der Waals surface area contributed by atoms with Crippen molar-refractivity contribution in [1.82, 2.24) is 9.97 Å². The molecule has 0 saturated heterocycles. The first-order valence-electron chi connectivity index (χ1n) is 5.58. The van der Waals surface area contributed by atoms with Crippen molar-refractivity contribution in [2.45, 2.75) is 13.8 Å². The van der Waals surface area contributed by atoms with Gasteiger partial charge in [-0.05, 0) is 31.5 Å². The predicted octanol–water partition coefficient (Wildman–Crippen LogP) is 3.63. The van der Waals surface area contributed by atoms with E-state index < -0.39 is 0 Å². The van der Waals surface area contributed by atoms with Crippen LogP contribution in [0.15, 0.2) is 18.2 Å². The highest BCUT2D eigenvalue weighted by Gasteiger charge is 2.16. The van der Waals surface area contributed by atoms with Gasteiger partial charge in [-0.3, -0.25) is 0 Å². The number of imidazole rings is 1. The second-order valence-electron chi connectivity index (χ2n) is 4.24. The summed E-state index contributed by atoms with van der Waals surface area (Å²) in [5.74, 6) is 0.313. The highest BCUT2D eigenvalue weighted by Crippen LogP contribution is 2.37. The van der Waals surface area contributed by atoms with Crippen LogP contribution in [0, 0.1) is 19.7 Å². The number of thiophene rings is 1. The number of para-hydroxylation sites is 1. The number of fused-ring (bicyclic) bond motifs is 1. The third-order valence-corrected chi connectivity index (χ3v) is 4.15. The van der Waals surface area contributed by atoms with E-state index in [0.717, 1.165) is 16.0 Å². The minimum Gasteiger partial charge on any atom is -0.390 e. The Morgan fingerprint density at radius 2 is 2.11 bits per heavy atom. The summed E-state index contributed by atoms with van der Waals surface area (Å²) >= 11 is 1.53. The molecule has 5 heteroatoms. The number of aryl methyl sites for hydroxylation is 1. The average Bonchev–Trinajstić information content (AvgIpc) is 2.83. The number of nitrogen functional groups attached to an aromatic ring is 1. The number of hydrogen-bond acceptors (Lipinski definition) is 3. The molecule has 0 bridgehead atoms. The van der Waals surface area contributed by atoms with Crippen molar-refractivity contribution in [3.05, 3.63) is 34.5 Å². The lowest BCUT2D eigenvalue weighted by Gasteiger charge is -1.97. The van der Waals surface area contributed by atoms with Gasteiger partial charge >= 0.3 is 0 Å². The highest BCUT2D eigenvalue weighted by molar-refractivity contribution is 7.16. The molecule has 0 aliphatic rings. The van der Waals surface area contributed by atoms with E-state index in [0.29, 0.717) is 21.9 Å². The van der Waals surface area contributed by atoms with Crippen molar-refractivity contribution in [2.24, 2.45) is 0 Å². The summed E-state index contributed by atoms with van der Waals surface area (Å²) in [5, 5.41) is 0.712. The summed E-state index contributed by atoms with van der Waals surface area (Å²) in [6, 6.07) is 4.87. The van der Waals surface area contributed by atoms with Crippen molar-refractivity contribution in [3.63, 3.8) is 0 Å². The van der Waals surface area contributed by atoms with Crippen LogP contribution in [-0.2, 0) is 0 Å². The van der Waals surface area contributed by atoms with Gasteiger partial charge in [0.15, 0.2) is 5.82 Å². The Labute approximate surface area is 107 Å². The van der Waals surface area contributed by atoms with Gasteiger partial charge in [-0.25, -0.2) is 9.37 Å². The number of H-pyrrole nitrogens is 1. The fourth-order valence-electron chi connectivity index (χ4n) is 2.06. The summed E-state index contributed by atoms with van der Waals surface area (Å²) < 4.78 is 13.6. The number of benzene rings is 1. The zero-order chi connectivity index (χ0) is 12.9. The maximum atomic E-state index is 13.6. The molecule has 2 aromatic heterocycles. The van der Waals surface area contributed by atoms with Crippen LogP contribution in [0.3, 0.4) is 0 Å². The third kappa shape index (κ3) is 1.51. The average molecular weight is 261 g/mol. The van der Waals surface area contributed by atoms with Gasteiger partial charge in [-0.2, -0.15) is 0 Å². The number of nitrogens with zero attached hydrogens (tertiary/aromatic N) is 1. The second kappa shape index (κ2) is 3.81. The van der Waals surface area contributed by atoms with Gasteiger partial charge in [0.1, 0.15) is 11.3 Å². The number of hydrogen-bond donors (Lipinski definition) is 2. The van der Waals surface area contributed by atoms with Crippen LogP contribution in [0.4, 0.5) is 9.39 Å². The first-order chi connectivity index (χ1) is 8.58. The number of halogens is 1. The van der Waals surface area contributed by atoms with Gasteiger partial charge < -0.3 is 10.7 Å². The van der Waals surface area contributed by atoms with Gasteiger partial charge in [0, 0.05) is 4.88 Å². The number of aromatic nitrogens is 2. The third-order valence-electron chi connectivity index (χ3n) is 3.11. The normalized spacial score (nSPS) is 11.3. The van der Waals surface area contributed by atoms with Gasteiger partial charge in [0.05, 0.1) is 16.1 Å². The predicted molar refractivity (Wildman–Crippen MR) is 73.3 cm³/mol. The summed E-state index contributed by atoms with van der Waals surface area (Å²) in [5.41, 5.74) is 9.02. The van der Waals surface area contributed by atoms with Crippen molar-refractivity contribution in [2.75, 3.05) is 5.73 Å². The SMILES string of the molecule is Cc1sc(N)c(-c2nc3c(F)cccc3[nH]2)c1C. The quantitative estimate of drug-likeness (QED) is 0.702. The molecule has 0 unspecified atom stereocenters. The van der Waals surface area contributed by atoms with Crippen molar-refractivity contribution in [1.29, 1.82) is 0 Å². The summed E-state index contributed by atoms with van der Waals surface area (Å²) in [7, 11) is 0. The first kappa shape index (κ1) is 11.2. The molecule has 3 N–H and O–H groups in total. The molecule has 0 aliphatic heterocycles. The van der Waals surface area contributed by atoms with Crippen LogP contribution in [0.2, 0.25) is 0 Å². The molecular formula is C13H12FN3S. The lowest BCUT2D eigenvalue weighted by atomic mass is 10.1. The largest absolute Gasteiger partial charge is 0.390 e. The molecule has 0 radical (unpaired) electrons. The summed E-state index contributed by atoms with van der Waals surface area (Å²) in [6.07, 6.45) is 0. The van der Waals surface area contributed by atoms with E-state index in [1.54, 1.807) is 12.1 Å². The van der Waals surface area contributed by atoms with Crippen molar-refractivity contribution in [3.8, 4) is 11.4 Å². The molecule has 1 aromatic carbocycles. The van der Waals surface area contributed by atoms with Crippen LogP contribution in [0.25, 0.3) is 22.4 Å². The standard InChI is InChI=1S/C13H12FN3S/c1-6-7(2)18-12(15)10(6)13-16-9-5-3-4-8(14)11(9)17-13/h3-5H,15H2,1-2H3,(H,16,17). The van der Waals surface area contributed by atoms with E-state index in [1.807, 2.05) is 13.8 Å². The van der Waals surface area contributed by atoms with E-state index in [2.05, 4.69) is 9.97 Å². The lowest BCUT2D eigenvalue weighted by molar-refractivity contribution is 0.637. The molecule has 3 nitrogen and oxygen atoms in total. The molecule has 0 aliphatic carbocycles. The molecule has 3 aromatic rings. The van der Waals surface area contributed by atoms with E-state index in [9.17, 15) is 4.39 Å². The van der Waals surface area contributed by atoms with E-state index >= 15 is 0 Å². The summed E-state index contributed by atoms with van der Waals surface area (Å²) in [4.78, 5) is 8.59. The van der Waals surface area contributed by atoms with Crippen LogP contribution in [-0.4, -0.2) is 9.97 Å². The van der Waals surface area contributed by atoms with Crippen LogP contribution in [0.1, 0.15) is 10.4 Å². The molecule has 3 rings (SSSR count). The van der Waals surface area contributed by atoms with E-state index in [4.69, 9.17) is 5.73 Å². The van der Waals surface area contributed by atoms with Gasteiger partial charge in [0.2, 0.25) is 0 Å². The van der Waals surface area contributed by atoms with Crippen LogP contribution in [0.5, 0.6) is 0 Å². The Kier molecular flexibility index (Phi) is 2.38. The lowest BCUT2D eigenvalue weighted by Crippen LogP contribution is -1.87. The van der Waals surface area contributed by atoms with E-state index in [1.165, 1.54) is 17.4 Å².